The SMILES string of the molecule is COc1cc(I)c(OC)c(CN)c1. The van der Waals surface area contributed by atoms with E-state index in [4.69, 9.17) is 15.2 Å². The fourth-order valence-electron chi connectivity index (χ4n) is 1.12. The Morgan fingerprint density at radius 1 is 1.31 bits per heavy atom. The number of nitrogens with two attached hydrogens (primary N) is 1. The summed E-state index contributed by atoms with van der Waals surface area (Å²) < 4.78 is 11.4. The van der Waals surface area contributed by atoms with Crippen LogP contribution in [0.4, 0.5) is 0 Å². The van der Waals surface area contributed by atoms with Crippen molar-refractivity contribution in [2.75, 3.05) is 14.2 Å². The van der Waals surface area contributed by atoms with Crippen LogP contribution in [0.3, 0.4) is 0 Å². The number of benzene rings is 1. The third kappa shape index (κ3) is 2.25. The van der Waals surface area contributed by atoms with Crippen LogP contribution >= 0.6 is 22.6 Å². The monoisotopic (exact) mass is 293 g/mol. The first kappa shape index (κ1) is 10.6. The van der Waals surface area contributed by atoms with Crippen LogP contribution in [0, 0.1) is 3.57 Å². The minimum Gasteiger partial charge on any atom is -0.497 e. The molecule has 2 N–H and O–H groups in total. The molecule has 0 unspecified atom stereocenters. The summed E-state index contributed by atoms with van der Waals surface area (Å²) in [4.78, 5) is 0. The normalized spacial score (nSPS) is 9.85. The molecule has 0 spiro atoms. The maximum Gasteiger partial charge on any atom is 0.136 e. The van der Waals surface area contributed by atoms with Gasteiger partial charge in [-0.2, -0.15) is 0 Å². The van der Waals surface area contributed by atoms with Gasteiger partial charge in [-0.15, -0.1) is 0 Å². The minimum absolute atomic E-state index is 0.455. The van der Waals surface area contributed by atoms with Crippen LogP contribution in [0.25, 0.3) is 0 Å². The Bertz CT molecular complexity index is 302. The van der Waals surface area contributed by atoms with E-state index in [0.29, 0.717) is 6.54 Å². The molecule has 1 aromatic carbocycles. The van der Waals surface area contributed by atoms with Gasteiger partial charge in [0.25, 0.3) is 0 Å². The van der Waals surface area contributed by atoms with Gasteiger partial charge in [-0.1, -0.05) is 0 Å². The lowest BCUT2D eigenvalue weighted by atomic mass is 10.2. The second-order valence-corrected chi connectivity index (χ2v) is 3.67. The van der Waals surface area contributed by atoms with Gasteiger partial charge in [-0.05, 0) is 34.7 Å². The lowest BCUT2D eigenvalue weighted by Gasteiger charge is -2.10. The van der Waals surface area contributed by atoms with Crippen LogP contribution in [0.1, 0.15) is 5.56 Å². The molecule has 3 nitrogen and oxygen atoms in total. The number of ether oxygens (including phenoxy) is 2. The molecule has 1 rings (SSSR count). The zero-order valence-electron chi connectivity index (χ0n) is 7.63. The van der Waals surface area contributed by atoms with E-state index in [1.807, 2.05) is 12.1 Å². The zero-order chi connectivity index (χ0) is 9.84. The minimum atomic E-state index is 0.455. The van der Waals surface area contributed by atoms with Crippen LogP contribution in [0.2, 0.25) is 0 Å². The summed E-state index contributed by atoms with van der Waals surface area (Å²) in [5.41, 5.74) is 6.54. The fourth-order valence-corrected chi connectivity index (χ4v) is 1.99. The molecule has 0 bridgehead atoms. The molecule has 0 fully saturated rings. The number of rotatable bonds is 3. The maximum absolute atomic E-state index is 5.58. The van der Waals surface area contributed by atoms with Gasteiger partial charge in [0, 0.05) is 12.1 Å². The summed E-state index contributed by atoms with van der Waals surface area (Å²) in [7, 11) is 3.28. The quantitative estimate of drug-likeness (QED) is 0.864. The average molecular weight is 293 g/mol. The summed E-state index contributed by atoms with van der Waals surface area (Å²) in [6.07, 6.45) is 0. The van der Waals surface area contributed by atoms with E-state index in [2.05, 4.69) is 22.6 Å². The lowest BCUT2D eigenvalue weighted by Crippen LogP contribution is -2.02. The summed E-state index contributed by atoms with van der Waals surface area (Å²) in [6, 6.07) is 3.81. The molecule has 4 heteroatoms. The predicted octanol–water partition coefficient (Wildman–Crippen LogP) is 1.77. The van der Waals surface area contributed by atoms with Crippen molar-refractivity contribution in [2.45, 2.75) is 6.54 Å². The van der Waals surface area contributed by atoms with E-state index in [1.54, 1.807) is 14.2 Å². The van der Waals surface area contributed by atoms with Crippen molar-refractivity contribution in [2.24, 2.45) is 5.73 Å². The van der Waals surface area contributed by atoms with E-state index in [0.717, 1.165) is 20.6 Å². The molecular formula is C9H12INO2. The summed E-state index contributed by atoms with van der Waals surface area (Å²) in [5, 5.41) is 0. The van der Waals surface area contributed by atoms with Crippen molar-refractivity contribution in [3.05, 3.63) is 21.3 Å². The Balaban J connectivity index is 3.20. The van der Waals surface area contributed by atoms with Crippen LogP contribution in [-0.4, -0.2) is 14.2 Å². The lowest BCUT2D eigenvalue weighted by molar-refractivity contribution is 0.396. The molecule has 13 heavy (non-hydrogen) atoms. The largest absolute Gasteiger partial charge is 0.497 e. The number of hydrogen-bond donors (Lipinski definition) is 1. The van der Waals surface area contributed by atoms with Crippen molar-refractivity contribution >= 4 is 22.6 Å². The van der Waals surface area contributed by atoms with Gasteiger partial charge >= 0.3 is 0 Å². The highest BCUT2D eigenvalue weighted by Crippen LogP contribution is 2.29. The second kappa shape index (κ2) is 4.66. The smallest absolute Gasteiger partial charge is 0.136 e. The van der Waals surface area contributed by atoms with Gasteiger partial charge in [0.2, 0.25) is 0 Å². The zero-order valence-corrected chi connectivity index (χ0v) is 9.79. The average Bonchev–Trinajstić information content (AvgIpc) is 2.16. The number of hydrogen-bond acceptors (Lipinski definition) is 3. The van der Waals surface area contributed by atoms with Crippen LogP contribution in [0.5, 0.6) is 11.5 Å². The van der Waals surface area contributed by atoms with Gasteiger partial charge in [-0.3, -0.25) is 0 Å². The molecule has 0 heterocycles. The second-order valence-electron chi connectivity index (χ2n) is 2.51. The van der Waals surface area contributed by atoms with Crippen molar-refractivity contribution in [3.8, 4) is 11.5 Å². The summed E-state index contributed by atoms with van der Waals surface area (Å²) in [5.74, 6) is 1.65. The number of halogens is 1. The van der Waals surface area contributed by atoms with Crippen molar-refractivity contribution in [3.63, 3.8) is 0 Å². The maximum atomic E-state index is 5.58. The highest BCUT2D eigenvalue weighted by atomic mass is 127. The molecule has 0 saturated heterocycles. The van der Waals surface area contributed by atoms with Crippen LogP contribution < -0.4 is 15.2 Å². The standard InChI is InChI=1S/C9H12INO2/c1-12-7-3-6(5-11)9(13-2)8(10)4-7/h3-4H,5,11H2,1-2H3. The van der Waals surface area contributed by atoms with E-state index in [-0.39, 0.29) is 0 Å². The Labute approximate surface area is 91.4 Å². The molecule has 0 amide bonds. The first-order valence-electron chi connectivity index (χ1n) is 3.83. The molecule has 0 aliphatic carbocycles. The summed E-state index contributed by atoms with van der Waals surface area (Å²) in [6.45, 7) is 0.455. The Morgan fingerprint density at radius 3 is 2.46 bits per heavy atom. The molecule has 0 atom stereocenters. The van der Waals surface area contributed by atoms with E-state index in [9.17, 15) is 0 Å². The third-order valence-corrected chi connectivity index (χ3v) is 2.56. The van der Waals surface area contributed by atoms with Gasteiger partial charge < -0.3 is 15.2 Å². The van der Waals surface area contributed by atoms with Crippen molar-refractivity contribution in [1.29, 1.82) is 0 Å². The third-order valence-electron chi connectivity index (χ3n) is 1.75. The van der Waals surface area contributed by atoms with Gasteiger partial charge in [0.05, 0.1) is 17.8 Å². The Hall–Kier alpha value is -0.490. The molecule has 72 valence electrons. The molecule has 0 radical (unpaired) electrons. The highest BCUT2D eigenvalue weighted by Gasteiger charge is 2.08. The topological polar surface area (TPSA) is 44.5 Å². The van der Waals surface area contributed by atoms with Crippen molar-refractivity contribution in [1.82, 2.24) is 0 Å². The molecule has 1 aromatic rings. The van der Waals surface area contributed by atoms with Crippen molar-refractivity contribution < 1.29 is 9.47 Å². The highest BCUT2D eigenvalue weighted by molar-refractivity contribution is 14.1. The Kier molecular flexibility index (Phi) is 3.80. The molecule has 0 aromatic heterocycles. The molecule has 0 aliphatic heterocycles. The van der Waals surface area contributed by atoms with Gasteiger partial charge in [0.1, 0.15) is 11.5 Å². The van der Waals surface area contributed by atoms with Crippen LogP contribution in [-0.2, 0) is 6.54 Å². The summed E-state index contributed by atoms with van der Waals surface area (Å²) >= 11 is 2.20. The first-order valence-corrected chi connectivity index (χ1v) is 4.91. The van der Waals surface area contributed by atoms with Gasteiger partial charge in [0.15, 0.2) is 0 Å². The predicted molar refractivity (Wildman–Crippen MR) is 60.2 cm³/mol. The van der Waals surface area contributed by atoms with E-state index in [1.165, 1.54) is 0 Å². The molecule has 0 aliphatic rings. The van der Waals surface area contributed by atoms with Gasteiger partial charge in [-0.25, -0.2) is 0 Å². The van der Waals surface area contributed by atoms with Crippen LogP contribution in [0.15, 0.2) is 12.1 Å². The molecule has 0 saturated carbocycles. The number of methoxy groups -OCH3 is 2. The Morgan fingerprint density at radius 2 is 2.00 bits per heavy atom. The fraction of sp³-hybridized carbons (Fsp3) is 0.333. The van der Waals surface area contributed by atoms with E-state index >= 15 is 0 Å². The molecular weight excluding hydrogens is 281 g/mol. The first-order chi connectivity index (χ1) is 6.22. The van der Waals surface area contributed by atoms with E-state index < -0.39 is 0 Å².